The molecule has 3 N–H and O–H groups in total. The van der Waals surface area contributed by atoms with Crippen molar-refractivity contribution >= 4 is 5.97 Å². The van der Waals surface area contributed by atoms with E-state index in [-0.39, 0.29) is 5.92 Å². The van der Waals surface area contributed by atoms with Gasteiger partial charge in [-0.1, -0.05) is 0 Å². The van der Waals surface area contributed by atoms with E-state index in [4.69, 9.17) is 0 Å². The third-order valence-electron chi connectivity index (χ3n) is 1.87. The van der Waals surface area contributed by atoms with E-state index in [0.29, 0.717) is 12.5 Å². The topological polar surface area (TPSA) is 67.8 Å². The van der Waals surface area contributed by atoms with Crippen LogP contribution in [0.1, 0.15) is 19.3 Å². The first kappa shape index (κ1) is 6.55. The molecule has 0 radical (unpaired) electrons. The van der Waals surface area contributed by atoms with Crippen LogP contribution >= 0.6 is 0 Å². The van der Waals surface area contributed by atoms with Crippen LogP contribution in [-0.4, -0.2) is 12.0 Å². The highest BCUT2D eigenvalue weighted by Gasteiger charge is 2.24. The lowest BCUT2D eigenvalue weighted by Crippen LogP contribution is -2.59. The van der Waals surface area contributed by atoms with Crippen molar-refractivity contribution in [3.8, 4) is 0 Å². The molecule has 0 saturated heterocycles. The minimum atomic E-state index is -0.902. The lowest BCUT2D eigenvalue weighted by molar-refractivity contribution is -0.418. The molecule has 1 aliphatic rings. The van der Waals surface area contributed by atoms with E-state index in [1.807, 2.05) is 0 Å². The molecule has 0 spiro atoms. The van der Waals surface area contributed by atoms with Crippen LogP contribution in [0, 0.1) is 5.92 Å². The second kappa shape index (κ2) is 2.35. The van der Waals surface area contributed by atoms with Gasteiger partial charge in [0, 0.05) is 18.3 Å². The zero-order chi connectivity index (χ0) is 6.85. The zero-order valence-corrected chi connectivity index (χ0v) is 5.30. The number of quaternary nitrogens is 1. The molecule has 0 aromatic carbocycles. The van der Waals surface area contributed by atoms with Gasteiger partial charge in [-0.25, -0.2) is 0 Å². The van der Waals surface area contributed by atoms with Crippen molar-refractivity contribution < 1.29 is 15.6 Å². The van der Waals surface area contributed by atoms with Gasteiger partial charge in [0.25, 0.3) is 0 Å². The Balaban J connectivity index is 2.39. The normalized spacial score (nSPS) is 34.8. The molecular weight excluding hydrogens is 118 g/mol. The number of aliphatic carboxylic acids is 1. The summed E-state index contributed by atoms with van der Waals surface area (Å²) in [7, 11) is 0. The zero-order valence-electron chi connectivity index (χ0n) is 5.30. The number of carbonyl (C=O) groups is 1. The highest BCUT2D eigenvalue weighted by atomic mass is 16.4. The predicted molar refractivity (Wildman–Crippen MR) is 29.0 cm³/mol. The maximum Gasteiger partial charge on any atom is 0.0850 e. The average Bonchev–Trinajstić information content (AvgIpc) is 2.14. The number of carbonyl (C=O) groups excluding carboxylic acids is 1. The molecule has 0 aromatic heterocycles. The first-order valence-corrected chi connectivity index (χ1v) is 3.24. The highest BCUT2D eigenvalue weighted by Crippen LogP contribution is 2.21. The largest absolute Gasteiger partial charge is 0.550 e. The molecule has 9 heavy (non-hydrogen) atoms. The SMILES string of the molecule is [NH3+][C@H]1CC[C@@H](C(=O)[O-])C1. The summed E-state index contributed by atoms with van der Waals surface area (Å²) >= 11 is 0. The van der Waals surface area contributed by atoms with Crippen molar-refractivity contribution in [1.82, 2.24) is 0 Å². The fraction of sp³-hybridized carbons (Fsp3) is 0.833. The van der Waals surface area contributed by atoms with Gasteiger partial charge < -0.3 is 15.6 Å². The molecule has 2 atom stereocenters. The molecule has 0 heterocycles. The van der Waals surface area contributed by atoms with E-state index in [1.54, 1.807) is 0 Å². The molecule has 1 aliphatic carbocycles. The fourth-order valence-corrected chi connectivity index (χ4v) is 1.29. The van der Waals surface area contributed by atoms with Gasteiger partial charge in [-0.3, -0.25) is 0 Å². The van der Waals surface area contributed by atoms with Gasteiger partial charge in [0.2, 0.25) is 0 Å². The maximum atomic E-state index is 10.2. The smallest absolute Gasteiger partial charge is 0.0850 e. The summed E-state index contributed by atoms with van der Waals surface area (Å²) in [6.07, 6.45) is 2.41. The molecule has 0 aliphatic heterocycles. The molecule has 1 rings (SSSR count). The highest BCUT2D eigenvalue weighted by molar-refractivity contribution is 5.67. The van der Waals surface area contributed by atoms with E-state index in [0.717, 1.165) is 12.8 Å². The van der Waals surface area contributed by atoms with Crippen LogP contribution in [0.4, 0.5) is 0 Å². The second-order valence-corrected chi connectivity index (χ2v) is 2.70. The van der Waals surface area contributed by atoms with Gasteiger partial charge in [0.1, 0.15) is 0 Å². The maximum absolute atomic E-state index is 10.2. The van der Waals surface area contributed by atoms with Crippen LogP contribution in [0.25, 0.3) is 0 Å². The van der Waals surface area contributed by atoms with Crippen molar-refractivity contribution in [2.45, 2.75) is 25.3 Å². The lowest BCUT2D eigenvalue weighted by atomic mass is 10.1. The van der Waals surface area contributed by atoms with Gasteiger partial charge in [-0.2, -0.15) is 0 Å². The minimum absolute atomic E-state index is 0.215. The van der Waals surface area contributed by atoms with E-state index in [1.165, 1.54) is 0 Å². The van der Waals surface area contributed by atoms with E-state index < -0.39 is 5.97 Å². The van der Waals surface area contributed by atoms with Crippen LogP contribution in [0.3, 0.4) is 0 Å². The van der Waals surface area contributed by atoms with Gasteiger partial charge in [-0.15, -0.1) is 0 Å². The summed E-state index contributed by atoms with van der Waals surface area (Å²) in [5.74, 6) is -1.12. The molecule has 3 heteroatoms. The van der Waals surface area contributed by atoms with Gasteiger partial charge in [0.15, 0.2) is 0 Å². The molecule has 1 saturated carbocycles. The van der Waals surface area contributed by atoms with Crippen LogP contribution in [-0.2, 0) is 4.79 Å². The standard InChI is InChI=1S/C6H11NO2/c7-5-2-1-4(3-5)6(8)9/h4-5H,1-3,7H2,(H,8,9)/t4-,5+/m1/s1. The second-order valence-electron chi connectivity index (χ2n) is 2.70. The molecule has 1 fully saturated rings. The third kappa shape index (κ3) is 1.42. The van der Waals surface area contributed by atoms with Gasteiger partial charge in [-0.05, 0) is 12.8 Å². The molecule has 0 amide bonds. The molecular formula is C6H11NO2. The number of hydrogen-bond donors (Lipinski definition) is 1. The Morgan fingerprint density at radius 2 is 2.22 bits per heavy atom. The van der Waals surface area contributed by atoms with Crippen molar-refractivity contribution in [2.24, 2.45) is 5.92 Å². The van der Waals surface area contributed by atoms with E-state index in [9.17, 15) is 9.90 Å². The van der Waals surface area contributed by atoms with Crippen LogP contribution in [0.2, 0.25) is 0 Å². The number of hydrogen-bond acceptors (Lipinski definition) is 2. The summed E-state index contributed by atoms with van der Waals surface area (Å²) in [6, 6.07) is 0.341. The van der Waals surface area contributed by atoms with E-state index in [2.05, 4.69) is 5.73 Å². The minimum Gasteiger partial charge on any atom is -0.550 e. The summed E-state index contributed by atoms with van der Waals surface area (Å²) < 4.78 is 0. The molecule has 0 unspecified atom stereocenters. The quantitative estimate of drug-likeness (QED) is 0.451. The summed E-state index contributed by atoms with van der Waals surface area (Å²) in [5.41, 5.74) is 3.78. The third-order valence-corrected chi connectivity index (χ3v) is 1.87. The summed E-state index contributed by atoms with van der Waals surface area (Å²) in [6.45, 7) is 0. The monoisotopic (exact) mass is 129 g/mol. The van der Waals surface area contributed by atoms with Crippen LogP contribution in [0.5, 0.6) is 0 Å². The molecule has 0 bridgehead atoms. The van der Waals surface area contributed by atoms with Crippen molar-refractivity contribution in [1.29, 1.82) is 0 Å². The van der Waals surface area contributed by atoms with Crippen molar-refractivity contribution in [3.63, 3.8) is 0 Å². The first-order valence-electron chi connectivity index (χ1n) is 3.24. The van der Waals surface area contributed by atoms with Crippen molar-refractivity contribution in [3.05, 3.63) is 0 Å². The Labute approximate surface area is 53.9 Å². The number of rotatable bonds is 1. The molecule has 0 aromatic rings. The summed E-state index contributed by atoms with van der Waals surface area (Å²) in [4.78, 5) is 10.2. The Bertz CT molecular complexity index is 124. The Morgan fingerprint density at radius 1 is 1.56 bits per heavy atom. The number of carboxylic acid groups (broad SMARTS) is 1. The Hall–Kier alpha value is -0.570. The van der Waals surface area contributed by atoms with Gasteiger partial charge >= 0.3 is 0 Å². The molecule has 3 nitrogen and oxygen atoms in total. The summed E-state index contributed by atoms with van der Waals surface area (Å²) in [5, 5.41) is 10.2. The average molecular weight is 129 g/mol. The van der Waals surface area contributed by atoms with Crippen molar-refractivity contribution in [2.75, 3.05) is 0 Å². The fourth-order valence-electron chi connectivity index (χ4n) is 1.29. The molecule has 52 valence electrons. The lowest BCUT2D eigenvalue weighted by Gasteiger charge is -2.07. The van der Waals surface area contributed by atoms with Crippen LogP contribution in [0.15, 0.2) is 0 Å². The van der Waals surface area contributed by atoms with Gasteiger partial charge in [0.05, 0.1) is 6.04 Å². The Kier molecular flexibility index (Phi) is 1.71. The first-order chi connectivity index (χ1) is 4.20. The Morgan fingerprint density at radius 3 is 2.44 bits per heavy atom. The van der Waals surface area contributed by atoms with E-state index >= 15 is 0 Å². The van der Waals surface area contributed by atoms with Crippen LogP contribution < -0.4 is 10.8 Å². The number of carboxylic acids is 1. The predicted octanol–water partition coefficient (Wildman–Crippen LogP) is -1.85.